The molecule has 1 atom stereocenters. The van der Waals surface area contributed by atoms with Crippen LogP contribution in [0.3, 0.4) is 0 Å². The fraction of sp³-hybridized carbons (Fsp3) is 0.600. The quantitative estimate of drug-likeness (QED) is 0.842. The Bertz CT molecular complexity index is 426. The molecule has 112 valence electrons. The minimum atomic E-state index is -0.418. The first kappa shape index (κ1) is 16.6. The number of amides is 1. The first-order valence-electron chi connectivity index (χ1n) is 6.94. The fourth-order valence-corrected chi connectivity index (χ4v) is 2.17. The van der Waals surface area contributed by atoms with Gasteiger partial charge >= 0.3 is 0 Å². The van der Waals surface area contributed by atoms with Crippen LogP contribution in [0.25, 0.3) is 0 Å². The lowest BCUT2D eigenvalue weighted by Gasteiger charge is -2.30. The number of aromatic nitrogens is 1. The average molecular weight is 281 g/mol. The number of pyridine rings is 1. The number of carbonyl (C=O) groups excluding carboxylic acids is 1. The molecule has 20 heavy (non-hydrogen) atoms. The van der Waals surface area contributed by atoms with Crippen LogP contribution in [0.4, 0.5) is 10.2 Å². The number of anilines is 1. The first-order chi connectivity index (χ1) is 9.32. The summed E-state index contributed by atoms with van der Waals surface area (Å²) in [7, 11) is 0. The summed E-state index contributed by atoms with van der Waals surface area (Å²) in [5, 5.41) is 2.67. The van der Waals surface area contributed by atoms with Crippen LogP contribution in [-0.4, -0.2) is 17.4 Å². The second-order valence-electron chi connectivity index (χ2n) is 6.09. The van der Waals surface area contributed by atoms with Gasteiger partial charge in [0.25, 0.3) is 0 Å². The Morgan fingerprint density at radius 3 is 2.60 bits per heavy atom. The van der Waals surface area contributed by atoms with Crippen molar-refractivity contribution >= 4 is 11.7 Å². The maximum Gasteiger partial charge on any atom is 0.225 e. The molecule has 0 bridgehead atoms. The molecule has 1 unspecified atom stereocenters. The number of hydrogen-bond acceptors (Lipinski definition) is 3. The second-order valence-corrected chi connectivity index (χ2v) is 6.09. The van der Waals surface area contributed by atoms with Crippen molar-refractivity contribution in [2.75, 3.05) is 11.9 Å². The van der Waals surface area contributed by atoms with Gasteiger partial charge in [-0.1, -0.05) is 20.8 Å². The van der Waals surface area contributed by atoms with Gasteiger partial charge in [-0.05, 0) is 42.9 Å². The van der Waals surface area contributed by atoms with Crippen LogP contribution in [0.1, 0.15) is 40.0 Å². The molecule has 0 aliphatic heterocycles. The van der Waals surface area contributed by atoms with Gasteiger partial charge in [0.05, 0.1) is 6.20 Å². The Labute approximate surface area is 120 Å². The van der Waals surface area contributed by atoms with E-state index < -0.39 is 5.82 Å². The van der Waals surface area contributed by atoms with Crippen LogP contribution in [0.5, 0.6) is 0 Å². The van der Waals surface area contributed by atoms with Crippen molar-refractivity contribution in [2.45, 2.75) is 40.0 Å². The molecule has 0 aromatic carbocycles. The molecule has 0 aliphatic rings. The van der Waals surface area contributed by atoms with E-state index >= 15 is 0 Å². The number of nitrogens with zero attached hydrogens (tertiary/aromatic N) is 1. The zero-order chi connectivity index (χ0) is 15.2. The monoisotopic (exact) mass is 281 g/mol. The molecule has 0 spiro atoms. The zero-order valence-corrected chi connectivity index (χ0v) is 12.4. The van der Waals surface area contributed by atoms with E-state index in [4.69, 9.17) is 5.73 Å². The van der Waals surface area contributed by atoms with Gasteiger partial charge in [0.1, 0.15) is 11.6 Å². The third-order valence-corrected chi connectivity index (χ3v) is 3.45. The third kappa shape index (κ3) is 5.65. The summed E-state index contributed by atoms with van der Waals surface area (Å²) in [6.45, 7) is 7.11. The van der Waals surface area contributed by atoms with E-state index in [0.717, 1.165) is 19.0 Å². The third-order valence-electron chi connectivity index (χ3n) is 3.45. The Kier molecular flexibility index (Phi) is 6.07. The lowest BCUT2D eigenvalue weighted by atomic mass is 9.76. The first-order valence-corrected chi connectivity index (χ1v) is 6.94. The van der Waals surface area contributed by atoms with Crippen molar-refractivity contribution in [1.82, 2.24) is 4.98 Å². The lowest BCUT2D eigenvalue weighted by Crippen LogP contribution is -2.25. The smallest absolute Gasteiger partial charge is 0.225 e. The Morgan fingerprint density at radius 1 is 1.40 bits per heavy atom. The van der Waals surface area contributed by atoms with E-state index in [0.29, 0.717) is 24.7 Å². The summed E-state index contributed by atoms with van der Waals surface area (Å²) in [5.74, 6) is 0.260. The highest BCUT2D eigenvalue weighted by Crippen LogP contribution is 2.32. The topological polar surface area (TPSA) is 68.0 Å². The lowest BCUT2D eigenvalue weighted by molar-refractivity contribution is -0.116. The minimum absolute atomic E-state index is 0.102. The van der Waals surface area contributed by atoms with E-state index in [2.05, 4.69) is 31.1 Å². The molecule has 0 aliphatic carbocycles. The minimum Gasteiger partial charge on any atom is -0.330 e. The molecule has 3 N–H and O–H groups in total. The number of halogens is 1. The number of rotatable bonds is 6. The molecule has 0 saturated heterocycles. The molecule has 1 heterocycles. The molecule has 4 nitrogen and oxygen atoms in total. The van der Waals surface area contributed by atoms with E-state index in [1.807, 2.05) is 0 Å². The van der Waals surface area contributed by atoms with Gasteiger partial charge < -0.3 is 11.1 Å². The summed E-state index contributed by atoms with van der Waals surface area (Å²) in [6, 6.07) is 2.73. The van der Waals surface area contributed by atoms with Crippen LogP contribution in [0.15, 0.2) is 18.3 Å². The van der Waals surface area contributed by atoms with E-state index in [9.17, 15) is 9.18 Å². The Hall–Kier alpha value is -1.49. The molecular weight excluding hydrogens is 257 g/mol. The van der Waals surface area contributed by atoms with Gasteiger partial charge in [0, 0.05) is 6.42 Å². The summed E-state index contributed by atoms with van der Waals surface area (Å²) in [5.41, 5.74) is 5.76. The van der Waals surface area contributed by atoms with E-state index in [-0.39, 0.29) is 11.3 Å². The molecule has 1 aromatic heterocycles. The summed E-state index contributed by atoms with van der Waals surface area (Å²) in [6.07, 6.45) is 3.20. The number of nitrogens with one attached hydrogen (secondary N) is 1. The molecule has 1 rings (SSSR count). The summed E-state index contributed by atoms with van der Waals surface area (Å²) < 4.78 is 12.7. The van der Waals surface area contributed by atoms with E-state index in [1.165, 1.54) is 12.1 Å². The van der Waals surface area contributed by atoms with Crippen LogP contribution in [0.2, 0.25) is 0 Å². The molecule has 0 saturated carbocycles. The highest BCUT2D eigenvalue weighted by molar-refractivity contribution is 5.89. The van der Waals surface area contributed by atoms with Gasteiger partial charge in [-0.15, -0.1) is 0 Å². The fourth-order valence-electron chi connectivity index (χ4n) is 2.17. The van der Waals surface area contributed by atoms with Crippen LogP contribution < -0.4 is 11.1 Å². The standard InChI is InChI=1S/C15H24FN3O/c1-15(2,3)11(8-9-17)4-7-14(20)19-13-6-5-12(16)10-18-13/h5-6,10-11H,4,7-9,17H2,1-3H3,(H,18,19,20). The maximum absolute atomic E-state index is 12.7. The van der Waals surface area contributed by atoms with Gasteiger partial charge in [-0.2, -0.15) is 0 Å². The van der Waals surface area contributed by atoms with Crippen molar-refractivity contribution in [2.24, 2.45) is 17.1 Å². The maximum atomic E-state index is 12.7. The Balaban J connectivity index is 2.47. The van der Waals surface area contributed by atoms with Crippen LogP contribution in [0, 0.1) is 17.2 Å². The van der Waals surface area contributed by atoms with Crippen molar-refractivity contribution in [3.63, 3.8) is 0 Å². The van der Waals surface area contributed by atoms with Gasteiger partial charge in [0.15, 0.2) is 0 Å². The predicted octanol–water partition coefficient (Wildman–Crippen LogP) is 2.95. The zero-order valence-electron chi connectivity index (χ0n) is 12.4. The van der Waals surface area contributed by atoms with Crippen molar-refractivity contribution in [3.8, 4) is 0 Å². The van der Waals surface area contributed by atoms with Crippen molar-refractivity contribution < 1.29 is 9.18 Å². The average Bonchev–Trinajstić information content (AvgIpc) is 2.36. The molecule has 1 amide bonds. The largest absolute Gasteiger partial charge is 0.330 e. The van der Waals surface area contributed by atoms with Crippen molar-refractivity contribution in [1.29, 1.82) is 0 Å². The van der Waals surface area contributed by atoms with Gasteiger partial charge in [0.2, 0.25) is 5.91 Å². The Morgan fingerprint density at radius 2 is 2.10 bits per heavy atom. The molecular formula is C15H24FN3O. The number of hydrogen-bond donors (Lipinski definition) is 2. The molecule has 1 aromatic rings. The normalized spacial score (nSPS) is 13.1. The van der Waals surface area contributed by atoms with Gasteiger partial charge in [-0.25, -0.2) is 9.37 Å². The van der Waals surface area contributed by atoms with E-state index in [1.54, 1.807) is 0 Å². The molecule has 0 radical (unpaired) electrons. The van der Waals surface area contributed by atoms with Crippen molar-refractivity contribution in [3.05, 3.63) is 24.1 Å². The number of carbonyl (C=O) groups is 1. The molecule has 5 heteroatoms. The molecule has 0 fully saturated rings. The SMILES string of the molecule is CC(C)(C)C(CCN)CCC(=O)Nc1ccc(F)cn1. The second kappa shape index (κ2) is 7.33. The number of nitrogens with two attached hydrogens (primary N) is 1. The highest BCUT2D eigenvalue weighted by Gasteiger charge is 2.24. The predicted molar refractivity (Wildman–Crippen MR) is 78.7 cm³/mol. The summed E-state index contributed by atoms with van der Waals surface area (Å²) in [4.78, 5) is 15.7. The summed E-state index contributed by atoms with van der Waals surface area (Å²) >= 11 is 0. The van der Waals surface area contributed by atoms with Crippen LogP contribution >= 0.6 is 0 Å². The van der Waals surface area contributed by atoms with Gasteiger partial charge in [-0.3, -0.25) is 4.79 Å². The van der Waals surface area contributed by atoms with Crippen LogP contribution in [-0.2, 0) is 4.79 Å². The highest BCUT2D eigenvalue weighted by atomic mass is 19.1.